The van der Waals surface area contributed by atoms with Gasteiger partial charge in [-0.05, 0) is 18.2 Å². The summed E-state index contributed by atoms with van der Waals surface area (Å²) in [6, 6.07) is 5.11. The van der Waals surface area contributed by atoms with Gasteiger partial charge in [-0.2, -0.15) is 5.26 Å². The van der Waals surface area contributed by atoms with Gasteiger partial charge in [0.2, 0.25) is 0 Å². The van der Waals surface area contributed by atoms with E-state index in [9.17, 15) is 9.18 Å². The number of ether oxygens (including phenoxy) is 1. The average Bonchev–Trinajstić information content (AvgIpc) is 2.17. The van der Waals surface area contributed by atoms with E-state index in [2.05, 4.69) is 4.74 Å². The van der Waals surface area contributed by atoms with Crippen LogP contribution in [0.15, 0.2) is 18.2 Å². The van der Waals surface area contributed by atoms with Crippen molar-refractivity contribution < 1.29 is 13.9 Å². The first-order chi connectivity index (χ1) is 6.19. The van der Waals surface area contributed by atoms with Crippen molar-refractivity contribution in [1.29, 1.82) is 5.26 Å². The number of esters is 1. The highest BCUT2D eigenvalue weighted by Crippen LogP contribution is 2.09. The van der Waals surface area contributed by atoms with Gasteiger partial charge < -0.3 is 4.74 Å². The second-order valence-corrected chi connectivity index (χ2v) is 2.30. The molecule has 1 aromatic rings. The van der Waals surface area contributed by atoms with Crippen molar-refractivity contribution in [2.75, 3.05) is 7.11 Å². The Morgan fingerprint density at radius 1 is 1.62 bits per heavy atom. The molecule has 0 saturated carbocycles. The zero-order valence-electron chi connectivity index (χ0n) is 6.87. The van der Waals surface area contributed by atoms with Crippen LogP contribution in [0.25, 0.3) is 0 Å². The minimum absolute atomic E-state index is 0.164. The molecule has 0 aromatic heterocycles. The molecule has 0 unspecified atom stereocenters. The van der Waals surface area contributed by atoms with Gasteiger partial charge in [0.15, 0.2) is 0 Å². The maximum Gasteiger partial charge on any atom is 0.337 e. The fourth-order valence-electron chi connectivity index (χ4n) is 0.856. The van der Waals surface area contributed by atoms with Crippen molar-refractivity contribution in [2.45, 2.75) is 0 Å². The molecule has 0 aliphatic rings. The summed E-state index contributed by atoms with van der Waals surface area (Å²) in [4.78, 5) is 10.9. The summed E-state index contributed by atoms with van der Waals surface area (Å²) in [6.07, 6.45) is 0. The third-order valence-corrected chi connectivity index (χ3v) is 1.51. The van der Waals surface area contributed by atoms with Gasteiger partial charge in [-0.25, -0.2) is 9.18 Å². The maximum atomic E-state index is 12.8. The van der Waals surface area contributed by atoms with Crippen LogP contribution in [0.3, 0.4) is 0 Å². The van der Waals surface area contributed by atoms with E-state index in [0.717, 1.165) is 12.1 Å². The molecule has 0 spiro atoms. The normalized spacial score (nSPS) is 9.00. The topological polar surface area (TPSA) is 50.1 Å². The maximum absolute atomic E-state index is 12.8. The summed E-state index contributed by atoms with van der Waals surface area (Å²) in [5.74, 6) is -1.23. The summed E-state index contributed by atoms with van der Waals surface area (Å²) in [7, 11) is 1.22. The number of benzene rings is 1. The second kappa shape index (κ2) is 3.68. The molecular weight excluding hydrogens is 172 g/mol. The molecule has 13 heavy (non-hydrogen) atoms. The Morgan fingerprint density at radius 2 is 2.31 bits per heavy atom. The Bertz CT molecular complexity index is 382. The van der Waals surface area contributed by atoms with Crippen molar-refractivity contribution >= 4 is 5.97 Å². The number of rotatable bonds is 1. The quantitative estimate of drug-likeness (QED) is 0.612. The lowest BCUT2D eigenvalue weighted by Gasteiger charge is -1.99. The minimum Gasteiger partial charge on any atom is -0.465 e. The molecular formula is C9H6FNO2. The Labute approximate surface area is 74.4 Å². The third kappa shape index (κ3) is 1.82. The third-order valence-electron chi connectivity index (χ3n) is 1.51. The number of hydrogen-bond acceptors (Lipinski definition) is 3. The fourth-order valence-corrected chi connectivity index (χ4v) is 0.856. The van der Waals surface area contributed by atoms with Crippen LogP contribution >= 0.6 is 0 Å². The van der Waals surface area contributed by atoms with Crippen molar-refractivity contribution in [2.24, 2.45) is 0 Å². The minimum atomic E-state index is -0.643. The van der Waals surface area contributed by atoms with Gasteiger partial charge in [0.1, 0.15) is 11.9 Å². The predicted molar refractivity (Wildman–Crippen MR) is 42.5 cm³/mol. The van der Waals surface area contributed by atoms with E-state index in [-0.39, 0.29) is 11.1 Å². The van der Waals surface area contributed by atoms with Crippen LogP contribution < -0.4 is 0 Å². The lowest BCUT2D eigenvalue weighted by molar-refractivity contribution is 0.0600. The second-order valence-electron chi connectivity index (χ2n) is 2.30. The fraction of sp³-hybridized carbons (Fsp3) is 0.111. The lowest BCUT2D eigenvalue weighted by atomic mass is 10.1. The predicted octanol–water partition coefficient (Wildman–Crippen LogP) is 1.48. The molecule has 0 atom stereocenters. The summed E-state index contributed by atoms with van der Waals surface area (Å²) >= 11 is 0. The van der Waals surface area contributed by atoms with Crippen molar-refractivity contribution in [1.82, 2.24) is 0 Å². The van der Waals surface area contributed by atoms with Gasteiger partial charge in [-0.3, -0.25) is 0 Å². The van der Waals surface area contributed by atoms with E-state index >= 15 is 0 Å². The number of nitrogens with zero attached hydrogens (tertiary/aromatic N) is 1. The zero-order valence-corrected chi connectivity index (χ0v) is 6.87. The highest BCUT2D eigenvalue weighted by atomic mass is 18.2. The van der Waals surface area contributed by atoms with Crippen molar-refractivity contribution in [3.05, 3.63) is 35.1 Å². The van der Waals surface area contributed by atoms with Gasteiger partial charge in [0.25, 0.3) is 0 Å². The number of carbonyl (C=O) groups is 1. The summed E-state index contributed by atoms with van der Waals surface area (Å²) in [6.45, 7) is 0. The van der Waals surface area contributed by atoms with Crippen LogP contribution in [0.1, 0.15) is 15.9 Å². The van der Waals surface area contributed by atoms with Crippen LogP contribution in [-0.4, -0.2) is 13.1 Å². The Morgan fingerprint density at radius 3 is 2.85 bits per heavy atom. The number of hydrogen-bond donors (Lipinski definition) is 0. The molecule has 0 saturated heterocycles. The van der Waals surface area contributed by atoms with Gasteiger partial charge in [-0.15, -0.1) is 0 Å². The zero-order chi connectivity index (χ0) is 9.84. The van der Waals surface area contributed by atoms with Gasteiger partial charge in [-0.1, -0.05) is 0 Å². The highest BCUT2D eigenvalue weighted by molar-refractivity contribution is 5.89. The van der Waals surface area contributed by atoms with Gasteiger partial charge in [0, 0.05) is 0 Å². The van der Waals surface area contributed by atoms with Crippen LogP contribution in [0.2, 0.25) is 0 Å². The molecule has 0 heterocycles. The Hall–Kier alpha value is -1.89. The summed E-state index contributed by atoms with van der Waals surface area (Å²) in [5, 5.41) is 8.46. The highest BCUT2D eigenvalue weighted by Gasteiger charge is 2.08. The van der Waals surface area contributed by atoms with E-state index in [1.165, 1.54) is 13.2 Å². The molecule has 0 radical (unpaired) electrons. The van der Waals surface area contributed by atoms with E-state index in [1.807, 2.05) is 0 Å². The van der Waals surface area contributed by atoms with Gasteiger partial charge >= 0.3 is 5.97 Å². The molecule has 0 bridgehead atoms. The first-order valence-electron chi connectivity index (χ1n) is 3.47. The SMILES string of the molecule is COC(=O)c1ccc([18F])c(C#N)c1. The average molecular weight is 178 g/mol. The first-order valence-corrected chi connectivity index (χ1v) is 3.47. The smallest absolute Gasteiger partial charge is 0.337 e. The number of carbonyl (C=O) groups excluding carboxylic acids is 1. The lowest BCUT2D eigenvalue weighted by Crippen LogP contribution is -2.01. The number of methoxy groups -OCH3 is 1. The van der Waals surface area contributed by atoms with E-state index in [1.54, 1.807) is 6.07 Å². The van der Waals surface area contributed by atoms with E-state index < -0.39 is 11.8 Å². The molecule has 0 amide bonds. The standard InChI is InChI=1S/C9H6FNO2/c1-13-9(12)6-2-3-8(10)7(4-6)5-11/h2-4H,1H3/i10-1. The summed E-state index contributed by atoms with van der Waals surface area (Å²) < 4.78 is 17.2. The van der Waals surface area contributed by atoms with Crippen LogP contribution in [0.4, 0.5) is 4.39 Å². The van der Waals surface area contributed by atoms with Crippen LogP contribution in [-0.2, 0) is 4.74 Å². The van der Waals surface area contributed by atoms with Crippen molar-refractivity contribution in [3.8, 4) is 6.07 Å². The first kappa shape index (κ1) is 9.20. The molecule has 3 nitrogen and oxygen atoms in total. The number of halogens is 1. The van der Waals surface area contributed by atoms with Crippen molar-refractivity contribution in [3.63, 3.8) is 0 Å². The molecule has 0 fully saturated rings. The van der Waals surface area contributed by atoms with E-state index in [4.69, 9.17) is 5.26 Å². The van der Waals surface area contributed by atoms with E-state index in [0.29, 0.717) is 0 Å². The Kier molecular flexibility index (Phi) is 2.60. The molecule has 1 rings (SSSR count). The summed E-state index contributed by atoms with van der Waals surface area (Å²) in [5.41, 5.74) is 0.00310. The van der Waals surface area contributed by atoms with Crippen LogP contribution in [0.5, 0.6) is 0 Å². The molecule has 4 heteroatoms. The molecule has 0 aliphatic carbocycles. The molecule has 0 aliphatic heterocycles. The Balaban J connectivity index is 3.15. The largest absolute Gasteiger partial charge is 0.465 e. The van der Waals surface area contributed by atoms with Gasteiger partial charge in [0.05, 0.1) is 18.2 Å². The number of nitriles is 1. The molecule has 66 valence electrons. The molecule has 0 N–H and O–H groups in total. The monoisotopic (exact) mass is 178 g/mol. The molecule has 1 aromatic carbocycles. The van der Waals surface area contributed by atoms with Crippen LogP contribution in [0, 0.1) is 17.1 Å².